The topological polar surface area (TPSA) is 113 Å². The maximum Gasteiger partial charge on any atom is 0.573 e. The lowest BCUT2D eigenvalue weighted by atomic mass is 10.1. The summed E-state index contributed by atoms with van der Waals surface area (Å²) < 4.78 is 47.4. The summed E-state index contributed by atoms with van der Waals surface area (Å²) in [5, 5.41) is 3.85. The number of nitrogens with zero attached hydrogens (tertiary/aromatic N) is 3. The van der Waals surface area contributed by atoms with Gasteiger partial charge in [-0.3, -0.25) is 9.59 Å². The van der Waals surface area contributed by atoms with Crippen LogP contribution in [0, 0.1) is 0 Å². The molecule has 0 atom stereocenters. The molecule has 0 saturated heterocycles. The molecule has 0 fully saturated rings. The zero-order chi connectivity index (χ0) is 23.6. The van der Waals surface area contributed by atoms with Crippen LogP contribution in [0.3, 0.4) is 0 Å². The third kappa shape index (κ3) is 5.26. The third-order valence-electron chi connectivity index (χ3n) is 4.57. The second-order valence-corrected chi connectivity index (χ2v) is 6.94. The summed E-state index contributed by atoms with van der Waals surface area (Å²) in [5.74, 6) is -0.687. The zero-order valence-electron chi connectivity index (χ0n) is 16.7. The van der Waals surface area contributed by atoms with Crippen molar-refractivity contribution >= 4 is 5.91 Å². The molecule has 4 rings (SSSR count). The molecule has 1 amide bonds. The summed E-state index contributed by atoms with van der Waals surface area (Å²) in [6.07, 6.45) is -3.26. The first-order chi connectivity index (χ1) is 15.7. The molecule has 0 saturated carbocycles. The quantitative estimate of drug-likeness (QED) is 0.474. The zero-order valence-corrected chi connectivity index (χ0v) is 16.7. The normalized spacial score (nSPS) is 11.4. The van der Waals surface area contributed by atoms with Gasteiger partial charge in [-0.2, -0.15) is 4.98 Å². The number of carbonyl (C=O) groups is 1. The van der Waals surface area contributed by atoms with Gasteiger partial charge in [0.1, 0.15) is 5.75 Å². The molecule has 33 heavy (non-hydrogen) atoms. The lowest BCUT2D eigenvalue weighted by Gasteiger charge is -2.08. The number of primary amides is 1. The highest BCUT2D eigenvalue weighted by Crippen LogP contribution is 2.26. The maximum atomic E-state index is 12.3. The van der Waals surface area contributed by atoms with Gasteiger partial charge in [0.15, 0.2) is 0 Å². The number of hydrogen-bond acceptors (Lipinski definition) is 6. The smallest absolute Gasteiger partial charge is 0.406 e. The Morgan fingerprint density at radius 1 is 1.06 bits per heavy atom. The molecule has 2 N–H and O–H groups in total. The Bertz CT molecular complexity index is 1360. The number of alkyl halides is 3. The van der Waals surface area contributed by atoms with E-state index in [1.165, 1.54) is 35.0 Å². The van der Waals surface area contributed by atoms with E-state index in [-0.39, 0.29) is 29.6 Å². The summed E-state index contributed by atoms with van der Waals surface area (Å²) >= 11 is 0. The first-order valence-corrected chi connectivity index (χ1v) is 9.47. The van der Waals surface area contributed by atoms with Gasteiger partial charge in [0.05, 0.1) is 12.1 Å². The molecule has 0 unspecified atom stereocenters. The van der Waals surface area contributed by atoms with E-state index in [2.05, 4.69) is 14.9 Å². The van der Waals surface area contributed by atoms with E-state index in [4.69, 9.17) is 10.3 Å². The molecule has 2 heterocycles. The van der Waals surface area contributed by atoms with Crippen molar-refractivity contribution in [2.45, 2.75) is 12.9 Å². The number of hydrogen-bond donors (Lipinski definition) is 1. The molecule has 0 aliphatic carbocycles. The van der Waals surface area contributed by atoms with Crippen LogP contribution in [0.2, 0.25) is 0 Å². The summed E-state index contributed by atoms with van der Waals surface area (Å²) in [4.78, 5) is 27.9. The lowest BCUT2D eigenvalue weighted by Crippen LogP contribution is -2.19. The second kappa shape index (κ2) is 8.61. The van der Waals surface area contributed by atoms with Crippen LogP contribution in [0.15, 0.2) is 76.2 Å². The number of benzene rings is 2. The van der Waals surface area contributed by atoms with Crippen molar-refractivity contribution in [3.05, 3.63) is 88.3 Å². The van der Waals surface area contributed by atoms with E-state index >= 15 is 0 Å². The highest BCUT2D eigenvalue weighted by Gasteiger charge is 2.31. The van der Waals surface area contributed by atoms with Gasteiger partial charge in [0.2, 0.25) is 11.7 Å². The molecule has 0 bridgehead atoms. The van der Waals surface area contributed by atoms with Gasteiger partial charge in [-0.15, -0.1) is 13.2 Å². The average Bonchev–Trinajstić information content (AvgIpc) is 3.25. The molecule has 2 aromatic heterocycles. The van der Waals surface area contributed by atoms with Gasteiger partial charge < -0.3 is 19.6 Å². The monoisotopic (exact) mass is 456 g/mol. The predicted octanol–water partition coefficient (Wildman–Crippen LogP) is 3.61. The van der Waals surface area contributed by atoms with Gasteiger partial charge >= 0.3 is 6.36 Å². The van der Waals surface area contributed by atoms with Crippen LogP contribution >= 0.6 is 0 Å². The standard InChI is InChI=1S/C22H15F3N4O4/c23-22(24,25)32-17-7-4-14(5-8-17)20-27-21(33-28-20)16-6-9-18(30)29(12-16)11-13-2-1-3-15(10-13)19(26)31/h1-10,12H,11H2,(H2,26,31). The van der Waals surface area contributed by atoms with Gasteiger partial charge in [-0.25, -0.2) is 0 Å². The first-order valence-electron chi connectivity index (χ1n) is 9.47. The Hall–Kier alpha value is -4.41. The highest BCUT2D eigenvalue weighted by atomic mass is 19.4. The van der Waals surface area contributed by atoms with Crippen LogP contribution < -0.4 is 16.0 Å². The van der Waals surface area contributed by atoms with E-state index < -0.39 is 12.3 Å². The maximum absolute atomic E-state index is 12.3. The second-order valence-electron chi connectivity index (χ2n) is 6.94. The Morgan fingerprint density at radius 2 is 1.79 bits per heavy atom. The van der Waals surface area contributed by atoms with E-state index in [1.54, 1.807) is 24.3 Å². The summed E-state index contributed by atoms with van der Waals surface area (Å²) in [7, 11) is 0. The Labute approximate surface area is 184 Å². The van der Waals surface area contributed by atoms with E-state index in [0.29, 0.717) is 22.3 Å². The lowest BCUT2D eigenvalue weighted by molar-refractivity contribution is -0.274. The molecule has 168 valence electrons. The summed E-state index contributed by atoms with van der Waals surface area (Å²) in [6, 6.07) is 14.4. The fourth-order valence-corrected chi connectivity index (χ4v) is 3.06. The average molecular weight is 456 g/mol. The van der Waals surface area contributed by atoms with Crippen molar-refractivity contribution in [3.8, 4) is 28.6 Å². The van der Waals surface area contributed by atoms with Crippen LogP contribution in [0.1, 0.15) is 15.9 Å². The number of aromatic nitrogens is 3. The molecule has 0 aliphatic heterocycles. The van der Waals surface area contributed by atoms with E-state index in [0.717, 1.165) is 12.1 Å². The first kappa shape index (κ1) is 21.8. The number of pyridine rings is 1. The van der Waals surface area contributed by atoms with Crippen LogP contribution in [-0.2, 0) is 6.54 Å². The third-order valence-corrected chi connectivity index (χ3v) is 4.57. The van der Waals surface area contributed by atoms with E-state index in [9.17, 15) is 22.8 Å². The van der Waals surface area contributed by atoms with Crippen molar-refractivity contribution in [2.75, 3.05) is 0 Å². The van der Waals surface area contributed by atoms with Gasteiger partial charge in [0, 0.05) is 23.4 Å². The Balaban J connectivity index is 1.57. The largest absolute Gasteiger partial charge is 0.573 e. The number of rotatable bonds is 6. The molecule has 4 aromatic rings. The van der Waals surface area contributed by atoms with Crippen LogP contribution in [0.5, 0.6) is 5.75 Å². The number of nitrogens with two attached hydrogens (primary N) is 1. The Morgan fingerprint density at radius 3 is 2.48 bits per heavy atom. The minimum Gasteiger partial charge on any atom is -0.406 e. The van der Waals surface area contributed by atoms with Crippen LogP contribution in [-0.4, -0.2) is 27.0 Å². The summed E-state index contributed by atoms with van der Waals surface area (Å²) in [6.45, 7) is 0.176. The van der Waals surface area contributed by atoms with Crippen molar-refractivity contribution in [1.82, 2.24) is 14.7 Å². The minimum atomic E-state index is -4.79. The molecule has 2 aromatic carbocycles. The molecule has 0 radical (unpaired) electrons. The molecule has 0 aliphatic rings. The molecular formula is C22H15F3N4O4. The number of halogens is 3. The molecule has 0 spiro atoms. The minimum absolute atomic E-state index is 0.111. The molecule has 11 heteroatoms. The number of ether oxygens (including phenoxy) is 1. The van der Waals surface area contributed by atoms with E-state index in [1.807, 2.05) is 0 Å². The SMILES string of the molecule is NC(=O)c1cccc(Cn2cc(-c3nc(-c4ccc(OC(F)(F)F)cc4)no3)ccc2=O)c1. The Kier molecular flexibility index (Phi) is 5.69. The van der Waals surface area contributed by atoms with Crippen LogP contribution in [0.4, 0.5) is 13.2 Å². The fourth-order valence-electron chi connectivity index (χ4n) is 3.06. The van der Waals surface area contributed by atoms with Crippen molar-refractivity contribution < 1.29 is 27.2 Å². The van der Waals surface area contributed by atoms with Gasteiger partial charge in [-0.05, 0) is 48.0 Å². The van der Waals surface area contributed by atoms with Crippen molar-refractivity contribution in [3.63, 3.8) is 0 Å². The van der Waals surface area contributed by atoms with Gasteiger partial charge in [-0.1, -0.05) is 17.3 Å². The highest BCUT2D eigenvalue weighted by molar-refractivity contribution is 5.92. The number of carbonyl (C=O) groups excluding carboxylic acids is 1. The van der Waals surface area contributed by atoms with Crippen molar-refractivity contribution in [2.24, 2.45) is 5.73 Å². The van der Waals surface area contributed by atoms with Crippen LogP contribution in [0.25, 0.3) is 22.8 Å². The molecular weight excluding hydrogens is 441 g/mol. The molecule has 8 nitrogen and oxygen atoms in total. The van der Waals surface area contributed by atoms with Crippen molar-refractivity contribution in [1.29, 1.82) is 0 Å². The fraction of sp³-hybridized carbons (Fsp3) is 0.0909. The predicted molar refractivity (Wildman–Crippen MR) is 110 cm³/mol. The number of amides is 1. The summed E-state index contributed by atoms with van der Waals surface area (Å²) in [5.41, 5.74) is 6.90. The van der Waals surface area contributed by atoms with Gasteiger partial charge in [0.25, 0.3) is 11.4 Å².